The molecule has 6 nitrogen and oxygen atoms in total. The van der Waals surface area contributed by atoms with Crippen LogP contribution in [0.5, 0.6) is 11.5 Å². The number of nitrogens with zero attached hydrogens (tertiary/aromatic N) is 2. The van der Waals surface area contributed by atoms with Crippen molar-refractivity contribution in [3.63, 3.8) is 0 Å². The molecule has 0 aromatic heterocycles. The van der Waals surface area contributed by atoms with Gasteiger partial charge < -0.3 is 20.1 Å². The van der Waals surface area contributed by atoms with Gasteiger partial charge in [-0.2, -0.15) is 0 Å². The zero-order chi connectivity index (χ0) is 16.9. The number of carbonyl (C=O) groups excluding carboxylic acids is 1. The first-order chi connectivity index (χ1) is 11.7. The van der Waals surface area contributed by atoms with Crippen molar-refractivity contribution in [2.75, 3.05) is 46.4 Å². The molecule has 0 bridgehead atoms. The largest absolute Gasteiger partial charge is 0.493 e. The van der Waals surface area contributed by atoms with Gasteiger partial charge in [0.1, 0.15) is 6.61 Å². The fourth-order valence-electron chi connectivity index (χ4n) is 3.67. The Labute approximate surface area is 143 Å². The average Bonchev–Trinajstić information content (AvgIpc) is 2.95. The highest BCUT2D eigenvalue weighted by Gasteiger charge is 2.31. The normalized spacial score (nSPS) is 21.2. The molecule has 6 heteroatoms. The number of hydrogen-bond donors (Lipinski definition) is 1. The number of rotatable bonds is 5. The molecule has 0 radical (unpaired) electrons. The third-order valence-corrected chi connectivity index (χ3v) is 4.88. The van der Waals surface area contributed by atoms with Crippen LogP contribution in [0.2, 0.25) is 0 Å². The van der Waals surface area contributed by atoms with E-state index in [1.54, 1.807) is 19.2 Å². The van der Waals surface area contributed by atoms with Gasteiger partial charge in [0.15, 0.2) is 11.5 Å². The van der Waals surface area contributed by atoms with E-state index in [0.29, 0.717) is 36.3 Å². The van der Waals surface area contributed by atoms with Crippen molar-refractivity contribution in [1.82, 2.24) is 9.80 Å². The monoisotopic (exact) mass is 333 g/mol. The molecular formula is C18H27N3O3. The molecule has 2 fully saturated rings. The van der Waals surface area contributed by atoms with Crippen LogP contribution >= 0.6 is 0 Å². The van der Waals surface area contributed by atoms with Crippen LogP contribution in [0.1, 0.15) is 29.6 Å². The molecule has 24 heavy (non-hydrogen) atoms. The predicted molar refractivity (Wildman–Crippen MR) is 92.7 cm³/mol. The van der Waals surface area contributed by atoms with Gasteiger partial charge in [-0.25, -0.2) is 0 Å². The number of amides is 1. The second kappa shape index (κ2) is 7.85. The van der Waals surface area contributed by atoms with Crippen molar-refractivity contribution in [3.8, 4) is 11.5 Å². The van der Waals surface area contributed by atoms with Crippen LogP contribution in [0, 0.1) is 0 Å². The summed E-state index contributed by atoms with van der Waals surface area (Å²) in [6.07, 6.45) is 3.47. The summed E-state index contributed by atoms with van der Waals surface area (Å²) in [5.41, 5.74) is 6.15. The first kappa shape index (κ1) is 17.0. The summed E-state index contributed by atoms with van der Waals surface area (Å²) in [5.74, 6) is 1.27. The van der Waals surface area contributed by atoms with Gasteiger partial charge in [-0.05, 0) is 44.0 Å². The molecule has 1 aromatic carbocycles. The summed E-state index contributed by atoms with van der Waals surface area (Å²) in [6.45, 7) is 4.73. The van der Waals surface area contributed by atoms with E-state index in [1.807, 2.05) is 11.0 Å². The molecule has 0 saturated carbocycles. The van der Waals surface area contributed by atoms with Crippen molar-refractivity contribution in [1.29, 1.82) is 0 Å². The minimum absolute atomic E-state index is 0.0731. The van der Waals surface area contributed by atoms with Gasteiger partial charge in [0.25, 0.3) is 5.91 Å². The van der Waals surface area contributed by atoms with Gasteiger partial charge in [0, 0.05) is 37.8 Å². The van der Waals surface area contributed by atoms with Crippen LogP contribution in [-0.2, 0) is 0 Å². The predicted octanol–water partition coefficient (Wildman–Crippen LogP) is 1.34. The first-order valence-corrected chi connectivity index (χ1v) is 8.77. The molecule has 1 amide bonds. The van der Waals surface area contributed by atoms with Gasteiger partial charge in [-0.1, -0.05) is 0 Å². The molecule has 2 saturated heterocycles. The number of nitrogens with two attached hydrogens (primary N) is 1. The van der Waals surface area contributed by atoms with E-state index in [-0.39, 0.29) is 5.91 Å². The maximum Gasteiger partial charge on any atom is 0.254 e. The molecular weight excluding hydrogens is 306 g/mol. The zero-order valence-electron chi connectivity index (χ0n) is 14.4. The van der Waals surface area contributed by atoms with Crippen molar-refractivity contribution in [3.05, 3.63) is 23.8 Å². The van der Waals surface area contributed by atoms with Gasteiger partial charge in [0.2, 0.25) is 0 Å². The lowest BCUT2D eigenvalue weighted by Gasteiger charge is -2.26. The Morgan fingerprint density at radius 1 is 1.25 bits per heavy atom. The van der Waals surface area contributed by atoms with Crippen LogP contribution in [0.4, 0.5) is 0 Å². The maximum atomic E-state index is 13.0. The molecule has 1 atom stereocenters. The third kappa shape index (κ3) is 3.65. The Morgan fingerprint density at radius 2 is 2.08 bits per heavy atom. The highest BCUT2D eigenvalue weighted by atomic mass is 16.5. The molecule has 0 spiro atoms. The molecule has 1 aromatic rings. The molecule has 2 aliphatic rings. The Hall–Kier alpha value is -1.79. The summed E-state index contributed by atoms with van der Waals surface area (Å²) in [4.78, 5) is 17.5. The van der Waals surface area contributed by atoms with Crippen LogP contribution in [0.15, 0.2) is 18.2 Å². The fraction of sp³-hybridized carbons (Fsp3) is 0.611. The minimum Gasteiger partial charge on any atom is -0.493 e. The lowest BCUT2D eigenvalue weighted by atomic mass is 10.1. The van der Waals surface area contributed by atoms with E-state index >= 15 is 0 Å². The van der Waals surface area contributed by atoms with E-state index in [2.05, 4.69) is 4.90 Å². The van der Waals surface area contributed by atoms with Gasteiger partial charge in [0.05, 0.1) is 7.11 Å². The van der Waals surface area contributed by atoms with Gasteiger partial charge in [-0.3, -0.25) is 9.69 Å². The highest BCUT2D eigenvalue weighted by molar-refractivity contribution is 5.95. The lowest BCUT2D eigenvalue weighted by molar-refractivity contribution is 0.0743. The Morgan fingerprint density at radius 3 is 2.88 bits per heavy atom. The van der Waals surface area contributed by atoms with E-state index in [1.165, 1.54) is 19.4 Å². The molecule has 0 unspecified atom stereocenters. The van der Waals surface area contributed by atoms with Crippen LogP contribution in [-0.4, -0.2) is 68.2 Å². The molecule has 0 aliphatic carbocycles. The average molecular weight is 333 g/mol. The quantitative estimate of drug-likeness (QED) is 0.881. The summed E-state index contributed by atoms with van der Waals surface area (Å²) in [5, 5.41) is 0. The molecule has 2 heterocycles. The van der Waals surface area contributed by atoms with Gasteiger partial charge >= 0.3 is 0 Å². The Kier molecular flexibility index (Phi) is 5.58. The summed E-state index contributed by atoms with van der Waals surface area (Å²) >= 11 is 0. The van der Waals surface area contributed by atoms with Crippen molar-refractivity contribution in [2.45, 2.75) is 25.3 Å². The zero-order valence-corrected chi connectivity index (χ0v) is 14.4. The first-order valence-electron chi connectivity index (χ1n) is 8.77. The van der Waals surface area contributed by atoms with Crippen molar-refractivity contribution >= 4 is 5.91 Å². The van der Waals surface area contributed by atoms with Crippen molar-refractivity contribution in [2.24, 2.45) is 5.73 Å². The van der Waals surface area contributed by atoms with Gasteiger partial charge in [-0.15, -0.1) is 0 Å². The van der Waals surface area contributed by atoms with Crippen molar-refractivity contribution < 1.29 is 14.3 Å². The number of benzene rings is 1. The summed E-state index contributed by atoms with van der Waals surface area (Å²) in [6, 6.07) is 5.89. The SMILES string of the molecule is COc1ccc(C(=O)N2CCCN3CCC[C@H]3C2)cc1OCCN. The number of hydrogen-bond acceptors (Lipinski definition) is 5. The summed E-state index contributed by atoms with van der Waals surface area (Å²) < 4.78 is 10.9. The molecule has 2 N–H and O–H groups in total. The Bertz CT molecular complexity index is 579. The van der Waals surface area contributed by atoms with Crippen LogP contribution < -0.4 is 15.2 Å². The fourth-order valence-corrected chi connectivity index (χ4v) is 3.67. The smallest absolute Gasteiger partial charge is 0.254 e. The lowest BCUT2D eigenvalue weighted by Crippen LogP contribution is -2.39. The number of methoxy groups -OCH3 is 1. The molecule has 3 rings (SSSR count). The number of ether oxygens (including phenoxy) is 2. The number of fused-ring (bicyclic) bond motifs is 1. The van der Waals surface area contributed by atoms with Crippen LogP contribution in [0.25, 0.3) is 0 Å². The highest BCUT2D eigenvalue weighted by Crippen LogP contribution is 2.29. The van der Waals surface area contributed by atoms with E-state index in [0.717, 1.165) is 26.1 Å². The Balaban J connectivity index is 1.75. The second-order valence-corrected chi connectivity index (χ2v) is 6.44. The standard InChI is InChI=1S/C18H27N3O3/c1-23-16-6-5-14(12-17(16)24-11-7-19)18(22)21-10-3-9-20-8-2-4-15(20)13-21/h5-6,12,15H,2-4,7-11,13,19H2,1H3/t15-/m0/s1. The molecule has 132 valence electrons. The second-order valence-electron chi connectivity index (χ2n) is 6.44. The van der Waals surface area contributed by atoms with Crippen LogP contribution in [0.3, 0.4) is 0 Å². The third-order valence-electron chi connectivity index (χ3n) is 4.88. The summed E-state index contributed by atoms with van der Waals surface area (Å²) in [7, 11) is 1.59. The van der Waals surface area contributed by atoms with E-state index < -0.39 is 0 Å². The number of carbonyl (C=O) groups is 1. The van der Waals surface area contributed by atoms with E-state index in [9.17, 15) is 4.79 Å². The maximum absolute atomic E-state index is 13.0. The topological polar surface area (TPSA) is 68.0 Å². The molecule has 2 aliphatic heterocycles. The van der Waals surface area contributed by atoms with E-state index in [4.69, 9.17) is 15.2 Å². The minimum atomic E-state index is 0.0731.